The average Bonchev–Trinajstić information content (AvgIpc) is 2.87. The average molecular weight is 268 g/mol. The van der Waals surface area contributed by atoms with Gasteiger partial charge in [0.05, 0.1) is 0 Å². The standard InChI is InChI=1S/C20H28/c1-2-3-4-5-6-9-16-12-13-19-14-17-10-7-8-11-18(17)15-20(16)19/h12-16H,2-11H2,1H3. The molecule has 1 aromatic rings. The fourth-order valence-corrected chi connectivity index (χ4v) is 3.83. The predicted octanol–water partition coefficient (Wildman–Crippen LogP) is 6.04. The summed E-state index contributed by atoms with van der Waals surface area (Å²) >= 11 is 0. The first-order valence-electron chi connectivity index (χ1n) is 8.72. The third-order valence-corrected chi connectivity index (χ3v) is 5.07. The van der Waals surface area contributed by atoms with Crippen molar-refractivity contribution in [2.24, 2.45) is 0 Å². The van der Waals surface area contributed by atoms with Gasteiger partial charge < -0.3 is 0 Å². The van der Waals surface area contributed by atoms with Gasteiger partial charge in [0.15, 0.2) is 0 Å². The van der Waals surface area contributed by atoms with Crippen LogP contribution in [0.15, 0.2) is 18.2 Å². The van der Waals surface area contributed by atoms with E-state index in [0.717, 1.165) is 0 Å². The molecular weight excluding hydrogens is 240 g/mol. The van der Waals surface area contributed by atoms with Gasteiger partial charge in [0.1, 0.15) is 0 Å². The molecule has 0 amide bonds. The van der Waals surface area contributed by atoms with Crippen LogP contribution < -0.4 is 0 Å². The minimum absolute atomic E-state index is 0.707. The SMILES string of the molecule is CCCCCCCC1C=Cc2cc3c(cc21)CCCC3. The first kappa shape index (κ1) is 13.9. The maximum absolute atomic E-state index is 2.54. The topological polar surface area (TPSA) is 0 Å². The lowest BCUT2D eigenvalue weighted by molar-refractivity contribution is 0.588. The highest BCUT2D eigenvalue weighted by Crippen LogP contribution is 2.37. The molecule has 0 N–H and O–H groups in total. The van der Waals surface area contributed by atoms with Gasteiger partial charge in [-0.3, -0.25) is 0 Å². The van der Waals surface area contributed by atoms with Gasteiger partial charge in [-0.2, -0.15) is 0 Å². The van der Waals surface area contributed by atoms with Crippen molar-refractivity contribution in [2.45, 2.75) is 77.0 Å². The summed E-state index contributed by atoms with van der Waals surface area (Å²) in [6.45, 7) is 2.29. The molecule has 1 aromatic carbocycles. The maximum Gasteiger partial charge on any atom is 0.00273 e. The van der Waals surface area contributed by atoms with Crippen molar-refractivity contribution < 1.29 is 0 Å². The molecule has 0 aromatic heterocycles. The zero-order chi connectivity index (χ0) is 13.8. The van der Waals surface area contributed by atoms with Crippen molar-refractivity contribution in [2.75, 3.05) is 0 Å². The van der Waals surface area contributed by atoms with Crippen molar-refractivity contribution in [1.29, 1.82) is 0 Å². The number of hydrogen-bond donors (Lipinski definition) is 0. The number of hydrogen-bond acceptors (Lipinski definition) is 0. The summed E-state index contributed by atoms with van der Waals surface area (Å²) in [7, 11) is 0. The number of fused-ring (bicyclic) bond motifs is 2. The molecule has 0 saturated carbocycles. The molecule has 108 valence electrons. The minimum Gasteiger partial charge on any atom is -0.0764 e. The van der Waals surface area contributed by atoms with Crippen LogP contribution in [-0.4, -0.2) is 0 Å². The number of aryl methyl sites for hydroxylation is 2. The zero-order valence-electron chi connectivity index (χ0n) is 13.0. The highest BCUT2D eigenvalue weighted by atomic mass is 14.2. The second-order valence-electron chi connectivity index (χ2n) is 6.63. The molecule has 0 aliphatic heterocycles. The van der Waals surface area contributed by atoms with Crippen LogP contribution in [0.4, 0.5) is 0 Å². The Bertz CT molecular complexity index is 481. The van der Waals surface area contributed by atoms with Gasteiger partial charge in [0, 0.05) is 5.92 Å². The summed E-state index contributed by atoms with van der Waals surface area (Å²) in [4.78, 5) is 0. The van der Waals surface area contributed by atoms with Crippen molar-refractivity contribution >= 4 is 6.08 Å². The Labute approximate surface area is 124 Å². The Hall–Kier alpha value is -1.04. The molecule has 1 atom stereocenters. The van der Waals surface area contributed by atoms with Gasteiger partial charge in [-0.05, 0) is 54.4 Å². The Kier molecular flexibility index (Phi) is 4.60. The second-order valence-corrected chi connectivity index (χ2v) is 6.63. The maximum atomic E-state index is 2.54. The van der Waals surface area contributed by atoms with Crippen LogP contribution in [0, 0.1) is 0 Å². The summed E-state index contributed by atoms with van der Waals surface area (Å²) in [5.74, 6) is 0.707. The van der Waals surface area contributed by atoms with E-state index >= 15 is 0 Å². The summed E-state index contributed by atoms with van der Waals surface area (Å²) in [5, 5.41) is 0. The van der Waals surface area contributed by atoms with Crippen LogP contribution in [0.5, 0.6) is 0 Å². The van der Waals surface area contributed by atoms with E-state index in [9.17, 15) is 0 Å². The summed E-state index contributed by atoms with van der Waals surface area (Å²) in [6.07, 6.45) is 18.6. The Morgan fingerprint density at radius 3 is 2.50 bits per heavy atom. The van der Waals surface area contributed by atoms with E-state index in [1.54, 1.807) is 16.7 Å². The van der Waals surface area contributed by atoms with Gasteiger partial charge in [-0.1, -0.05) is 63.3 Å². The molecular formula is C20H28. The van der Waals surface area contributed by atoms with Crippen molar-refractivity contribution in [3.8, 4) is 0 Å². The largest absolute Gasteiger partial charge is 0.0764 e. The molecule has 0 radical (unpaired) electrons. The predicted molar refractivity (Wildman–Crippen MR) is 88.2 cm³/mol. The molecule has 0 fully saturated rings. The van der Waals surface area contributed by atoms with Crippen LogP contribution in [0.25, 0.3) is 6.08 Å². The minimum atomic E-state index is 0.707. The van der Waals surface area contributed by atoms with Gasteiger partial charge in [0.25, 0.3) is 0 Å². The van der Waals surface area contributed by atoms with Crippen LogP contribution in [0.2, 0.25) is 0 Å². The van der Waals surface area contributed by atoms with Crippen molar-refractivity contribution in [3.63, 3.8) is 0 Å². The molecule has 0 bridgehead atoms. The molecule has 2 aliphatic rings. The summed E-state index contributed by atoms with van der Waals surface area (Å²) in [5.41, 5.74) is 6.42. The van der Waals surface area contributed by atoms with Gasteiger partial charge in [-0.25, -0.2) is 0 Å². The van der Waals surface area contributed by atoms with Crippen LogP contribution in [-0.2, 0) is 12.8 Å². The Morgan fingerprint density at radius 1 is 0.950 bits per heavy atom. The lowest BCUT2D eigenvalue weighted by Gasteiger charge is -2.19. The van der Waals surface area contributed by atoms with E-state index in [1.165, 1.54) is 69.8 Å². The number of unbranched alkanes of at least 4 members (excludes halogenated alkanes) is 4. The van der Waals surface area contributed by atoms with E-state index in [2.05, 4.69) is 31.2 Å². The fraction of sp³-hybridized carbons (Fsp3) is 0.600. The second kappa shape index (κ2) is 6.61. The molecule has 0 heterocycles. The van der Waals surface area contributed by atoms with Crippen LogP contribution >= 0.6 is 0 Å². The van der Waals surface area contributed by atoms with E-state index in [1.807, 2.05) is 0 Å². The third kappa shape index (κ3) is 3.00. The Morgan fingerprint density at radius 2 is 1.70 bits per heavy atom. The normalized spacial score (nSPS) is 19.9. The van der Waals surface area contributed by atoms with Crippen molar-refractivity contribution in [1.82, 2.24) is 0 Å². The highest BCUT2D eigenvalue weighted by molar-refractivity contribution is 5.64. The highest BCUT2D eigenvalue weighted by Gasteiger charge is 2.20. The molecule has 20 heavy (non-hydrogen) atoms. The lowest BCUT2D eigenvalue weighted by atomic mass is 9.86. The number of allylic oxidation sites excluding steroid dienone is 1. The van der Waals surface area contributed by atoms with E-state index in [0.29, 0.717) is 5.92 Å². The lowest BCUT2D eigenvalue weighted by Crippen LogP contribution is -2.05. The van der Waals surface area contributed by atoms with E-state index in [-0.39, 0.29) is 0 Å². The molecule has 1 unspecified atom stereocenters. The first-order chi connectivity index (χ1) is 9.88. The van der Waals surface area contributed by atoms with Gasteiger partial charge >= 0.3 is 0 Å². The quantitative estimate of drug-likeness (QED) is 0.552. The Balaban J connectivity index is 1.62. The molecule has 2 aliphatic carbocycles. The van der Waals surface area contributed by atoms with Crippen molar-refractivity contribution in [3.05, 3.63) is 40.5 Å². The monoisotopic (exact) mass is 268 g/mol. The van der Waals surface area contributed by atoms with Gasteiger partial charge in [0.2, 0.25) is 0 Å². The molecule has 0 heteroatoms. The third-order valence-electron chi connectivity index (χ3n) is 5.07. The fourth-order valence-electron chi connectivity index (χ4n) is 3.83. The van der Waals surface area contributed by atoms with Gasteiger partial charge in [-0.15, -0.1) is 0 Å². The molecule has 0 nitrogen and oxygen atoms in total. The molecule has 3 rings (SSSR count). The number of rotatable bonds is 6. The van der Waals surface area contributed by atoms with E-state index < -0.39 is 0 Å². The zero-order valence-corrected chi connectivity index (χ0v) is 13.0. The van der Waals surface area contributed by atoms with Crippen LogP contribution in [0.1, 0.15) is 86.5 Å². The van der Waals surface area contributed by atoms with E-state index in [4.69, 9.17) is 0 Å². The molecule has 0 saturated heterocycles. The first-order valence-corrected chi connectivity index (χ1v) is 8.72. The number of benzene rings is 1. The summed E-state index contributed by atoms with van der Waals surface area (Å²) in [6, 6.07) is 5.03. The molecule has 0 spiro atoms. The van der Waals surface area contributed by atoms with Crippen LogP contribution in [0.3, 0.4) is 0 Å². The smallest absolute Gasteiger partial charge is 0.00273 e. The summed E-state index contributed by atoms with van der Waals surface area (Å²) < 4.78 is 0.